The van der Waals surface area contributed by atoms with Gasteiger partial charge in [-0.1, -0.05) is 27.7 Å². The molecule has 4 nitrogen and oxygen atoms in total. The zero-order valence-corrected chi connectivity index (χ0v) is 9.89. The molecule has 3 amide bonds. The standard InChI is InChI=1S/C11H18N2O2/c1-9(2)6-11(5,10(9,3)4)7(14)13-8(15)12-6/h6H,1-5H3,(H2,12,13,14,15)/t6-,11+/m0/s1. The first-order valence-electron chi connectivity index (χ1n) is 5.27. The molecule has 0 aromatic carbocycles. The van der Waals surface area contributed by atoms with Gasteiger partial charge >= 0.3 is 6.03 Å². The van der Waals surface area contributed by atoms with Gasteiger partial charge in [-0.05, 0) is 17.8 Å². The van der Waals surface area contributed by atoms with Crippen LogP contribution >= 0.6 is 0 Å². The van der Waals surface area contributed by atoms with Crippen molar-refractivity contribution in [1.82, 2.24) is 10.6 Å². The topological polar surface area (TPSA) is 58.2 Å². The Hall–Kier alpha value is -1.06. The quantitative estimate of drug-likeness (QED) is 0.632. The van der Waals surface area contributed by atoms with Gasteiger partial charge in [-0.15, -0.1) is 0 Å². The molecular weight excluding hydrogens is 192 g/mol. The van der Waals surface area contributed by atoms with E-state index in [0.717, 1.165) is 0 Å². The molecule has 1 aliphatic carbocycles. The molecule has 1 heterocycles. The van der Waals surface area contributed by atoms with Crippen LogP contribution in [-0.4, -0.2) is 18.0 Å². The number of carbonyl (C=O) groups is 2. The second-order valence-electron chi connectivity index (χ2n) is 5.91. The summed E-state index contributed by atoms with van der Waals surface area (Å²) in [6.45, 7) is 10.3. The zero-order chi connectivity index (χ0) is 11.6. The number of amides is 3. The second-order valence-corrected chi connectivity index (χ2v) is 5.91. The highest BCUT2D eigenvalue weighted by Gasteiger charge is 2.74. The van der Waals surface area contributed by atoms with Crippen LogP contribution in [0.4, 0.5) is 4.79 Å². The normalized spacial score (nSPS) is 41.0. The molecule has 1 saturated carbocycles. The lowest BCUT2D eigenvalue weighted by Gasteiger charge is -2.71. The summed E-state index contributed by atoms with van der Waals surface area (Å²) in [6.07, 6.45) is 0. The second kappa shape index (κ2) is 2.36. The number of rotatable bonds is 0. The van der Waals surface area contributed by atoms with Gasteiger partial charge in [0, 0.05) is 0 Å². The number of hydrogen-bond acceptors (Lipinski definition) is 2. The fraction of sp³-hybridized carbons (Fsp3) is 0.818. The zero-order valence-electron chi connectivity index (χ0n) is 9.89. The lowest BCUT2D eigenvalue weighted by Crippen LogP contribution is -2.83. The van der Waals surface area contributed by atoms with E-state index in [9.17, 15) is 9.59 Å². The van der Waals surface area contributed by atoms with Crippen molar-refractivity contribution in [3.63, 3.8) is 0 Å². The van der Waals surface area contributed by atoms with E-state index in [4.69, 9.17) is 0 Å². The molecule has 0 radical (unpaired) electrons. The van der Waals surface area contributed by atoms with Crippen molar-refractivity contribution in [2.24, 2.45) is 16.2 Å². The van der Waals surface area contributed by atoms with Crippen molar-refractivity contribution < 1.29 is 9.59 Å². The summed E-state index contributed by atoms with van der Waals surface area (Å²) < 4.78 is 0. The Kier molecular flexibility index (Phi) is 1.65. The first-order valence-corrected chi connectivity index (χ1v) is 5.27. The van der Waals surface area contributed by atoms with Crippen LogP contribution in [0.5, 0.6) is 0 Å². The van der Waals surface area contributed by atoms with Gasteiger partial charge in [-0.3, -0.25) is 10.1 Å². The molecule has 0 spiro atoms. The molecule has 2 fully saturated rings. The van der Waals surface area contributed by atoms with E-state index < -0.39 is 5.41 Å². The molecule has 1 aliphatic heterocycles. The first-order chi connectivity index (χ1) is 6.65. The highest BCUT2D eigenvalue weighted by atomic mass is 16.2. The Morgan fingerprint density at radius 3 is 2.13 bits per heavy atom. The molecule has 2 atom stereocenters. The van der Waals surface area contributed by atoms with Crippen molar-refractivity contribution in [3.8, 4) is 0 Å². The number of nitrogens with one attached hydrogen (secondary N) is 2. The van der Waals surface area contributed by atoms with Gasteiger partial charge in [-0.2, -0.15) is 0 Å². The van der Waals surface area contributed by atoms with Crippen LogP contribution in [0.1, 0.15) is 34.6 Å². The number of urea groups is 1. The minimum Gasteiger partial charge on any atom is -0.333 e. The van der Waals surface area contributed by atoms with E-state index >= 15 is 0 Å². The molecule has 0 aromatic rings. The van der Waals surface area contributed by atoms with Crippen LogP contribution in [0.3, 0.4) is 0 Å². The average molecular weight is 210 g/mol. The Morgan fingerprint density at radius 2 is 1.60 bits per heavy atom. The van der Waals surface area contributed by atoms with E-state index in [1.54, 1.807) is 0 Å². The molecule has 2 N–H and O–H groups in total. The maximum atomic E-state index is 11.9. The van der Waals surface area contributed by atoms with Gasteiger partial charge in [0.1, 0.15) is 0 Å². The van der Waals surface area contributed by atoms with E-state index in [0.29, 0.717) is 0 Å². The molecule has 84 valence electrons. The van der Waals surface area contributed by atoms with Crippen LogP contribution in [0, 0.1) is 16.2 Å². The Balaban J connectivity index is 2.47. The van der Waals surface area contributed by atoms with Crippen molar-refractivity contribution in [2.75, 3.05) is 0 Å². The SMILES string of the molecule is CC1(C)[C@@H]2NC(=O)NC(=O)[C@]2(C)C1(C)C. The molecular formula is C11H18N2O2. The lowest BCUT2D eigenvalue weighted by atomic mass is 9.35. The van der Waals surface area contributed by atoms with Gasteiger partial charge in [0.25, 0.3) is 0 Å². The monoisotopic (exact) mass is 210 g/mol. The van der Waals surface area contributed by atoms with E-state index in [1.165, 1.54) is 0 Å². The van der Waals surface area contributed by atoms with Gasteiger partial charge in [0.15, 0.2) is 0 Å². The number of hydrogen-bond donors (Lipinski definition) is 2. The summed E-state index contributed by atoms with van der Waals surface area (Å²) in [5.41, 5.74) is -0.679. The number of imide groups is 1. The van der Waals surface area contributed by atoms with Gasteiger partial charge < -0.3 is 5.32 Å². The number of fused-ring (bicyclic) bond motifs is 1. The van der Waals surface area contributed by atoms with Crippen LogP contribution in [-0.2, 0) is 4.79 Å². The summed E-state index contributed by atoms with van der Waals surface area (Å²) in [5.74, 6) is -0.152. The third kappa shape index (κ3) is 0.840. The third-order valence-corrected chi connectivity index (χ3v) is 5.18. The van der Waals surface area contributed by atoms with Crippen molar-refractivity contribution in [2.45, 2.75) is 40.7 Å². The highest BCUT2D eigenvalue weighted by molar-refractivity contribution is 6.02. The smallest absolute Gasteiger partial charge is 0.321 e. The maximum absolute atomic E-state index is 11.9. The van der Waals surface area contributed by atoms with Crippen LogP contribution < -0.4 is 10.6 Å². The molecule has 0 unspecified atom stereocenters. The predicted octanol–water partition coefficient (Wildman–Crippen LogP) is 1.27. The Bertz CT molecular complexity index is 360. The summed E-state index contributed by atoms with van der Waals surface area (Å²) >= 11 is 0. The Labute approximate surface area is 89.8 Å². The molecule has 2 rings (SSSR count). The molecule has 15 heavy (non-hydrogen) atoms. The molecule has 4 heteroatoms. The summed E-state index contributed by atoms with van der Waals surface area (Å²) in [6, 6.07) is -0.438. The predicted molar refractivity (Wildman–Crippen MR) is 56.1 cm³/mol. The summed E-state index contributed by atoms with van der Waals surface area (Å²) in [7, 11) is 0. The van der Waals surface area contributed by atoms with Crippen LogP contribution in [0.2, 0.25) is 0 Å². The minimum atomic E-state index is -0.496. The maximum Gasteiger partial charge on any atom is 0.321 e. The number of carbonyl (C=O) groups excluding carboxylic acids is 2. The third-order valence-electron chi connectivity index (χ3n) is 5.18. The molecule has 0 aromatic heterocycles. The fourth-order valence-corrected chi connectivity index (χ4v) is 3.17. The fourth-order valence-electron chi connectivity index (χ4n) is 3.17. The van der Waals surface area contributed by atoms with E-state index in [-0.39, 0.29) is 28.8 Å². The van der Waals surface area contributed by atoms with Crippen LogP contribution in [0.15, 0.2) is 0 Å². The molecule has 2 aliphatic rings. The average Bonchev–Trinajstić information content (AvgIpc) is 2.10. The minimum absolute atomic E-state index is 0.0603. The van der Waals surface area contributed by atoms with Gasteiger partial charge in [0.2, 0.25) is 5.91 Å². The van der Waals surface area contributed by atoms with Crippen molar-refractivity contribution in [1.29, 1.82) is 0 Å². The molecule has 1 saturated heterocycles. The highest BCUT2D eigenvalue weighted by Crippen LogP contribution is 2.67. The van der Waals surface area contributed by atoms with Gasteiger partial charge in [0.05, 0.1) is 11.5 Å². The van der Waals surface area contributed by atoms with Crippen molar-refractivity contribution >= 4 is 11.9 Å². The van der Waals surface area contributed by atoms with E-state index in [2.05, 4.69) is 38.3 Å². The summed E-state index contributed by atoms with van der Waals surface area (Å²) in [4.78, 5) is 23.2. The van der Waals surface area contributed by atoms with Crippen LogP contribution in [0.25, 0.3) is 0 Å². The van der Waals surface area contributed by atoms with E-state index in [1.807, 2.05) is 6.92 Å². The molecule has 0 bridgehead atoms. The lowest BCUT2D eigenvalue weighted by molar-refractivity contribution is -0.208. The van der Waals surface area contributed by atoms with Crippen molar-refractivity contribution in [3.05, 3.63) is 0 Å². The summed E-state index contributed by atoms with van der Waals surface area (Å²) in [5, 5.41) is 5.22. The largest absolute Gasteiger partial charge is 0.333 e. The Morgan fingerprint density at radius 1 is 1.07 bits per heavy atom. The van der Waals surface area contributed by atoms with Gasteiger partial charge in [-0.25, -0.2) is 4.79 Å². The first kappa shape index (κ1) is 10.5.